The average molecular weight is 462 g/mol. The van der Waals surface area contributed by atoms with Gasteiger partial charge in [0.25, 0.3) is 0 Å². The summed E-state index contributed by atoms with van der Waals surface area (Å²) in [5.41, 5.74) is 4.69. The van der Waals surface area contributed by atoms with E-state index in [2.05, 4.69) is 40.3 Å². The van der Waals surface area contributed by atoms with E-state index in [-0.39, 0.29) is 18.3 Å². The molecule has 8 nitrogen and oxygen atoms in total. The number of fused-ring (bicyclic) bond motifs is 1. The summed E-state index contributed by atoms with van der Waals surface area (Å²) in [4.78, 5) is 33.5. The van der Waals surface area contributed by atoms with E-state index in [0.717, 1.165) is 11.1 Å². The van der Waals surface area contributed by atoms with Crippen molar-refractivity contribution in [2.24, 2.45) is 0 Å². The Morgan fingerprint density at radius 2 is 1.91 bits per heavy atom. The number of carbonyl (C=O) groups is 2. The summed E-state index contributed by atoms with van der Waals surface area (Å²) in [7, 11) is 0. The highest BCUT2D eigenvalue weighted by Gasteiger charge is 2.16. The molecule has 1 N–H and O–H groups in total. The van der Waals surface area contributed by atoms with Gasteiger partial charge in [-0.3, -0.25) is 4.79 Å². The molecule has 33 heavy (non-hydrogen) atoms. The Morgan fingerprint density at radius 1 is 1.09 bits per heavy atom. The van der Waals surface area contributed by atoms with E-state index in [1.807, 2.05) is 12.1 Å². The fourth-order valence-electron chi connectivity index (χ4n) is 3.28. The maximum atomic E-state index is 12.6. The third-order valence-corrected chi connectivity index (χ3v) is 6.11. The number of amides is 1. The summed E-state index contributed by atoms with van der Waals surface area (Å²) in [6.07, 6.45) is 3.18. The summed E-state index contributed by atoms with van der Waals surface area (Å²) in [5.74, 6) is -0.625. The van der Waals surface area contributed by atoms with Gasteiger partial charge < -0.3 is 10.1 Å². The molecule has 2 aromatic heterocycles. The number of benzene rings is 2. The van der Waals surface area contributed by atoms with E-state index >= 15 is 0 Å². The van der Waals surface area contributed by atoms with Crippen LogP contribution in [-0.2, 0) is 9.53 Å². The molecule has 168 valence electrons. The minimum atomic E-state index is -0.475. The van der Waals surface area contributed by atoms with Crippen LogP contribution >= 0.6 is 11.8 Å². The van der Waals surface area contributed by atoms with Gasteiger partial charge in [-0.2, -0.15) is 5.10 Å². The van der Waals surface area contributed by atoms with E-state index in [0.29, 0.717) is 21.9 Å². The molecule has 0 aliphatic carbocycles. The highest BCUT2D eigenvalue weighted by atomic mass is 32.2. The number of para-hydroxylation sites is 1. The minimum absolute atomic E-state index is 0.109. The number of anilines is 1. The number of thioether (sulfide) groups is 1. The van der Waals surface area contributed by atoms with E-state index in [1.165, 1.54) is 29.2 Å². The zero-order valence-electron chi connectivity index (χ0n) is 18.5. The molecule has 1 amide bonds. The van der Waals surface area contributed by atoms with Crippen molar-refractivity contribution >= 4 is 40.4 Å². The number of ether oxygens (including phenoxy) is 1. The lowest BCUT2D eigenvalue weighted by Gasteiger charge is -2.10. The van der Waals surface area contributed by atoms with E-state index in [4.69, 9.17) is 4.74 Å². The quantitative estimate of drug-likeness (QED) is 0.248. The molecule has 0 radical (unpaired) electrons. The van der Waals surface area contributed by atoms with Gasteiger partial charge >= 0.3 is 5.97 Å². The molecule has 2 heterocycles. The summed E-state index contributed by atoms with van der Waals surface area (Å²) in [6.45, 7) is 6.11. The fourth-order valence-corrected chi connectivity index (χ4v) is 4.04. The van der Waals surface area contributed by atoms with Gasteiger partial charge in [0.15, 0.2) is 5.65 Å². The molecule has 0 fully saturated rings. The second-order valence-electron chi connectivity index (χ2n) is 7.34. The first-order valence-electron chi connectivity index (χ1n) is 10.4. The molecule has 0 bridgehead atoms. The average Bonchev–Trinajstić information content (AvgIpc) is 3.25. The van der Waals surface area contributed by atoms with Crippen LogP contribution in [0.2, 0.25) is 0 Å². The third-order valence-electron chi connectivity index (χ3n) is 5.10. The third kappa shape index (κ3) is 4.88. The standard InChI is InChI=1S/C24H23N5O3S/c1-4-32-24(31)18-7-5-6-8-20(18)28-21(30)13-33-23-19-12-27-29(22(19)25-14-26-23)17-10-9-15(2)16(3)11-17/h5-12,14H,4,13H2,1-3H3,(H,28,30). The Balaban J connectivity index is 1.50. The topological polar surface area (TPSA) is 99.0 Å². The van der Waals surface area contributed by atoms with Gasteiger partial charge in [-0.15, -0.1) is 0 Å². The van der Waals surface area contributed by atoms with Gasteiger partial charge in [0, 0.05) is 0 Å². The number of esters is 1. The number of hydrogen-bond donors (Lipinski definition) is 1. The normalized spacial score (nSPS) is 10.9. The number of nitrogens with zero attached hydrogens (tertiary/aromatic N) is 4. The molecular weight excluding hydrogens is 438 g/mol. The molecule has 0 saturated carbocycles. The predicted molar refractivity (Wildman–Crippen MR) is 128 cm³/mol. The van der Waals surface area contributed by atoms with Crippen LogP contribution in [0.3, 0.4) is 0 Å². The van der Waals surface area contributed by atoms with Crippen molar-refractivity contribution in [1.29, 1.82) is 0 Å². The number of carbonyl (C=O) groups excluding carboxylic acids is 2. The molecule has 4 rings (SSSR count). The Bertz CT molecular complexity index is 1330. The van der Waals surface area contributed by atoms with Gasteiger partial charge in [0.2, 0.25) is 5.91 Å². The van der Waals surface area contributed by atoms with Crippen LogP contribution in [0.25, 0.3) is 16.7 Å². The van der Waals surface area contributed by atoms with Gasteiger partial charge in [-0.1, -0.05) is 30.0 Å². The lowest BCUT2D eigenvalue weighted by atomic mass is 10.1. The highest BCUT2D eigenvalue weighted by Crippen LogP contribution is 2.27. The van der Waals surface area contributed by atoms with Gasteiger partial charge in [-0.25, -0.2) is 19.4 Å². The molecule has 9 heteroatoms. The monoisotopic (exact) mass is 461 g/mol. The van der Waals surface area contributed by atoms with E-state index < -0.39 is 5.97 Å². The van der Waals surface area contributed by atoms with Gasteiger partial charge in [0.1, 0.15) is 11.4 Å². The summed E-state index contributed by atoms with van der Waals surface area (Å²) in [6, 6.07) is 12.9. The smallest absolute Gasteiger partial charge is 0.340 e. The maximum Gasteiger partial charge on any atom is 0.340 e. The zero-order valence-corrected chi connectivity index (χ0v) is 19.3. The van der Waals surface area contributed by atoms with Crippen LogP contribution in [0.5, 0.6) is 0 Å². The molecule has 0 aliphatic rings. The van der Waals surface area contributed by atoms with Crippen molar-refractivity contribution in [3.8, 4) is 5.69 Å². The van der Waals surface area contributed by atoms with E-state index in [1.54, 1.807) is 42.1 Å². The second kappa shape index (κ2) is 9.83. The van der Waals surface area contributed by atoms with Crippen molar-refractivity contribution in [2.45, 2.75) is 25.8 Å². The summed E-state index contributed by atoms with van der Waals surface area (Å²) in [5, 5.41) is 8.70. The van der Waals surface area contributed by atoms with Crippen LogP contribution in [0, 0.1) is 13.8 Å². The molecule has 0 saturated heterocycles. The number of rotatable bonds is 7. The van der Waals surface area contributed by atoms with Crippen LogP contribution in [-0.4, -0.2) is 44.0 Å². The molecule has 2 aromatic carbocycles. The van der Waals surface area contributed by atoms with Crippen molar-refractivity contribution in [3.05, 3.63) is 71.7 Å². The summed E-state index contributed by atoms with van der Waals surface area (Å²) < 4.78 is 6.83. The van der Waals surface area contributed by atoms with Gasteiger partial charge in [-0.05, 0) is 56.2 Å². The Hall–Kier alpha value is -3.72. The van der Waals surface area contributed by atoms with Crippen molar-refractivity contribution in [2.75, 3.05) is 17.7 Å². The molecular formula is C24H23N5O3S. The van der Waals surface area contributed by atoms with Crippen molar-refractivity contribution in [3.63, 3.8) is 0 Å². The lowest BCUT2D eigenvalue weighted by molar-refractivity contribution is -0.113. The van der Waals surface area contributed by atoms with Crippen LogP contribution in [0.1, 0.15) is 28.4 Å². The molecule has 4 aromatic rings. The maximum absolute atomic E-state index is 12.6. The molecule has 0 aliphatic heterocycles. The molecule has 0 spiro atoms. The van der Waals surface area contributed by atoms with Crippen molar-refractivity contribution in [1.82, 2.24) is 19.7 Å². The fraction of sp³-hybridized carbons (Fsp3) is 0.208. The Morgan fingerprint density at radius 3 is 2.70 bits per heavy atom. The zero-order chi connectivity index (χ0) is 23.4. The first-order valence-corrected chi connectivity index (χ1v) is 11.4. The van der Waals surface area contributed by atoms with Crippen LogP contribution in [0.4, 0.5) is 5.69 Å². The Labute approximate surface area is 195 Å². The summed E-state index contributed by atoms with van der Waals surface area (Å²) >= 11 is 1.28. The second-order valence-corrected chi connectivity index (χ2v) is 8.31. The van der Waals surface area contributed by atoms with Crippen LogP contribution in [0.15, 0.2) is 60.0 Å². The first kappa shape index (κ1) is 22.5. The SMILES string of the molecule is CCOC(=O)c1ccccc1NC(=O)CSc1ncnc2c1cnn2-c1ccc(C)c(C)c1. The minimum Gasteiger partial charge on any atom is -0.462 e. The number of aromatic nitrogens is 4. The predicted octanol–water partition coefficient (Wildman–Crippen LogP) is 4.34. The highest BCUT2D eigenvalue weighted by molar-refractivity contribution is 8.00. The Kier molecular flexibility index (Phi) is 6.69. The molecule has 0 unspecified atom stereocenters. The number of hydrogen-bond acceptors (Lipinski definition) is 7. The first-order chi connectivity index (χ1) is 16.0. The lowest BCUT2D eigenvalue weighted by Crippen LogP contribution is -2.17. The van der Waals surface area contributed by atoms with Crippen molar-refractivity contribution < 1.29 is 14.3 Å². The van der Waals surface area contributed by atoms with Gasteiger partial charge in [0.05, 0.1) is 40.9 Å². The number of nitrogens with one attached hydrogen (secondary N) is 1. The van der Waals surface area contributed by atoms with Crippen LogP contribution < -0.4 is 5.32 Å². The largest absolute Gasteiger partial charge is 0.462 e. The molecule has 0 atom stereocenters. The number of aryl methyl sites for hydroxylation is 2. The van der Waals surface area contributed by atoms with E-state index in [9.17, 15) is 9.59 Å².